The fourth-order valence-corrected chi connectivity index (χ4v) is 5.87. The molecule has 2 saturated heterocycles. The Kier molecular flexibility index (Phi) is 9.65. The maximum atomic E-state index is 13.5. The van der Waals surface area contributed by atoms with E-state index < -0.39 is 91.0 Å². The fraction of sp³-hybridized carbons (Fsp3) is 0.467. The first kappa shape index (κ1) is 37.5. The highest BCUT2D eigenvalue weighted by atomic mass is 19.4. The molecule has 0 bridgehead atoms. The molecule has 0 saturated carbocycles. The number of carbonyl (C=O) groups is 4. The van der Waals surface area contributed by atoms with E-state index in [9.17, 15) is 65.7 Å². The first-order valence-electron chi connectivity index (χ1n) is 15.0. The molecule has 2 aliphatic rings. The lowest BCUT2D eigenvalue weighted by Crippen LogP contribution is -2.45. The van der Waals surface area contributed by atoms with Crippen LogP contribution in [0.5, 0.6) is 0 Å². The number of amides is 6. The van der Waals surface area contributed by atoms with Gasteiger partial charge >= 0.3 is 24.4 Å². The van der Waals surface area contributed by atoms with Crippen molar-refractivity contribution in [3.05, 3.63) is 67.8 Å². The smallest absolute Gasteiger partial charge is 0.310 e. The maximum absolute atomic E-state index is 13.5. The standard InChI is InChI=1S/C30H30F6N6O8/c1-27(2)23(43)39(17-9-11-21(41(47)48)19(15-17)29(31,32)33)25(45)37(27)13-7-5-6-8-14-38-26(46)40(24(44)28(38,3)4)18-10-12-22(42(49)50)20(16-18)30(34,35)36/h9-12,15-16H,5-8,13-14H2,1-4H3. The zero-order valence-electron chi connectivity index (χ0n) is 26.9. The molecule has 0 atom stereocenters. The highest BCUT2D eigenvalue weighted by molar-refractivity contribution is 6.23. The van der Waals surface area contributed by atoms with Gasteiger partial charge in [-0.15, -0.1) is 0 Å². The monoisotopic (exact) mass is 716 g/mol. The highest BCUT2D eigenvalue weighted by Gasteiger charge is 2.53. The summed E-state index contributed by atoms with van der Waals surface area (Å²) in [7, 11) is 0. The van der Waals surface area contributed by atoms with Crippen LogP contribution in [0.25, 0.3) is 0 Å². The average Bonchev–Trinajstić information content (AvgIpc) is 3.28. The van der Waals surface area contributed by atoms with Crippen LogP contribution in [0.15, 0.2) is 36.4 Å². The molecule has 6 amide bonds. The number of halogens is 6. The van der Waals surface area contributed by atoms with Crippen LogP contribution in [0.1, 0.15) is 64.5 Å². The Morgan fingerprint density at radius 3 is 1.20 bits per heavy atom. The predicted octanol–water partition coefficient (Wildman–Crippen LogP) is 6.90. The Morgan fingerprint density at radius 2 is 0.920 bits per heavy atom. The van der Waals surface area contributed by atoms with Crippen LogP contribution in [-0.4, -0.2) is 67.7 Å². The number of urea groups is 2. The van der Waals surface area contributed by atoms with E-state index in [1.165, 1.54) is 27.7 Å². The van der Waals surface area contributed by atoms with Crippen molar-refractivity contribution < 1.29 is 55.4 Å². The van der Waals surface area contributed by atoms with Crippen molar-refractivity contribution in [1.82, 2.24) is 9.80 Å². The summed E-state index contributed by atoms with van der Waals surface area (Å²) >= 11 is 0. The van der Waals surface area contributed by atoms with E-state index in [1.54, 1.807) is 0 Å². The number of benzene rings is 2. The van der Waals surface area contributed by atoms with E-state index in [-0.39, 0.29) is 13.1 Å². The van der Waals surface area contributed by atoms with Crippen LogP contribution in [0.4, 0.5) is 58.7 Å². The normalized spacial score (nSPS) is 17.7. The van der Waals surface area contributed by atoms with Crippen LogP contribution >= 0.6 is 0 Å². The number of hydrogen-bond donors (Lipinski definition) is 0. The Labute approximate surface area is 279 Å². The molecule has 0 radical (unpaired) electrons. The maximum Gasteiger partial charge on any atom is 0.423 e. The summed E-state index contributed by atoms with van der Waals surface area (Å²) in [6.07, 6.45) is -8.84. The molecular formula is C30H30F6N6O8. The van der Waals surface area contributed by atoms with Crippen molar-refractivity contribution >= 4 is 46.6 Å². The van der Waals surface area contributed by atoms with Crippen molar-refractivity contribution in [3.8, 4) is 0 Å². The first-order chi connectivity index (χ1) is 22.9. The lowest BCUT2D eigenvalue weighted by atomic mass is 10.0. The molecule has 0 N–H and O–H groups in total. The number of hydrogen-bond acceptors (Lipinski definition) is 8. The number of imide groups is 2. The molecule has 0 aromatic heterocycles. The molecule has 50 heavy (non-hydrogen) atoms. The summed E-state index contributed by atoms with van der Waals surface area (Å²) in [5, 5.41) is 22.2. The summed E-state index contributed by atoms with van der Waals surface area (Å²) < 4.78 is 81.2. The van der Waals surface area contributed by atoms with E-state index in [4.69, 9.17) is 0 Å². The average molecular weight is 717 g/mol. The third-order valence-corrected chi connectivity index (χ3v) is 8.64. The van der Waals surface area contributed by atoms with Gasteiger partial charge in [0.2, 0.25) is 0 Å². The molecule has 270 valence electrons. The molecule has 14 nitrogen and oxygen atoms in total. The van der Waals surface area contributed by atoms with Crippen LogP contribution < -0.4 is 9.80 Å². The van der Waals surface area contributed by atoms with Crippen LogP contribution in [-0.2, 0) is 21.9 Å². The van der Waals surface area contributed by atoms with E-state index in [0.717, 1.165) is 21.9 Å². The molecule has 2 aromatic carbocycles. The van der Waals surface area contributed by atoms with E-state index in [0.29, 0.717) is 59.7 Å². The minimum absolute atomic E-state index is 0.00470. The number of nitrogens with zero attached hydrogens (tertiary/aromatic N) is 6. The third kappa shape index (κ3) is 6.65. The predicted molar refractivity (Wildman–Crippen MR) is 162 cm³/mol. The number of unbranched alkanes of at least 4 members (excludes halogenated alkanes) is 3. The Bertz CT molecular complexity index is 1650. The fourth-order valence-electron chi connectivity index (χ4n) is 5.87. The molecule has 0 unspecified atom stereocenters. The zero-order valence-corrected chi connectivity index (χ0v) is 26.9. The van der Waals surface area contributed by atoms with E-state index in [1.807, 2.05) is 0 Å². The summed E-state index contributed by atoms with van der Waals surface area (Å²) in [6.45, 7) is 5.58. The molecule has 2 heterocycles. The highest BCUT2D eigenvalue weighted by Crippen LogP contribution is 2.42. The third-order valence-electron chi connectivity index (χ3n) is 8.64. The van der Waals surface area contributed by atoms with E-state index >= 15 is 0 Å². The first-order valence-corrected chi connectivity index (χ1v) is 15.0. The summed E-state index contributed by atoms with van der Waals surface area (Å²) in [5.41, 5.74) is -9.66. The molecular weight excluding hydrogens is 686 g/mol. The second-order valence-electron chi connectivity index (χ2n) is 12.6. The SMILES string of the molecule is CC1(C)C(=O)N(c2ccc([N+](=O)[O-])c(C(F)(F)F)c2)C(=O)N1CCCCCCN1C(=O)N(c2ccc([N+](=O)[O-])c(C(F)(F)F)c2)C(=O)C1(C)C. The number of rotatable bonds is 11. The Balaban J connectivity index is 1.39. The number of nitro groups is 2. The number of nitro benzene ring substituents is 2. The molecule has 20 heteroatoms. The van der Waals surface area contributed by atoms with Crippen molar-refractivity contribution in [2.24, 2.45) is 0 Å². The minimum Gasteiger partial charge on any atom is -0.310 e. The van der Waals surface area contributed by atoms with Crippen LogP contribution in [0.2, 0.25) is 0 Å². The lowest BCUT2D eigenvalue weighted by molar-refractivity contribution is -0.388. The Morgan fingerprint density at radius 1 is 0.600 bits per heavy atom. The van der Waals surface area contributed by atoms with Gasteiger partial charge in [-0.2, -0.15) is 26.3 Å². The van der Waals surface area contributed by atoms with Gasteiger partial charge in [-0.3, -0.25) is 29.8 Å². The van der Waals surface area contributed by atoms with Gasteiger partial charge in [0.1, 0.15) is 22.2 Å². The number of anilines is 2. The summed E-state index contributed by atoms with van der Waals surface area (Å²) in [6, 6.07) is 1.79. The van der Waals surface area contributed by atoms with Gasteiger partial charge in [0.15, 0.2) is 0 Å². The molecule has 2 fully saturated rings. The minimum atomic E-state index is -5.14. The molecule has 0 spiro atoms. The van der Waals surface area contributed by atoms with Crippen LogP contribution in [0.3, 0.4) is 0 Å². The van der Waals surface area contributed by atoms with Crippen LogP contribution in [0, 0.1) is 20.2 Å². The molecule has 2 aromatic rings. The topological polar surface area (TPSA) is 168 Å². The van der Waals surface area contributed by atoms with Crippen molar-refractivity contribution in [2.45, 2.75) is 76.8 Å². The van der Waals surface area contributed by atoms with Gasteiger partial charge in [0, 0.05) is 25.2 Å². The lowest BCUT2D eigenvalue weighted by Gasteiger charge is -2.28. The van der Waals surface area contributed by atoms with Crippen molar-refractivity contribution in [1.29, 1.82) is 0 Å². The number of alkyl halides is 6. The largest absolute Gasteiger partial charge is 0.423 e. The summed E-state index contributed by atoms with van der Waals surface area (Å²) in [4.78, 5) is 76.0. The second kappa shape index (κ2) is 12.9. The Hall–Kier alpha value is -5.30. The zero-order chi connectivity index (χ0) is 37.7. The molecule has 2 aliphatic heterocycles. The van der Waals surface area contributed by atoms with Gasteiger partial charge in [-0.25, -0.2) is 19.4 Å². The van der Waals surface area contributed by atoms with Gasteiger partial charge < -0.3 is 9.80 Å². The van der Waals surface area contributed by atoms with Gasteiger partial charge in [0.25, 0.3) is 23.2 Å². The number of carbonyl (C=O) groups excluding carboxylic acids is 4. The van der Waals surface area contributed by atoms with Crippen molar-refractivity contribution in [3.63, 3.8) is 0 Å². The second-order valence-corrected chi connectivity index (χ2v) is 12.6. The quantitative estimate of drug-likeness (QED) is 0.0796. The van der Waals surface area contributed by atoms with E-state index in [2.05, 4.69) is 0 Å². The molecule has 4 rings (SSSR count). The van der Waals surface area contributed by atoms with Gasteiger partial charge in [-0.1, -0.05) is 12.8 Å². The van der Waals surface area contributed by atoms with Gasteiger partial charge in [-0.05, 0) is 64.8 Å². The van der Waals surface area contributed by atoms with Gasteiger partial charge in [0.05, 0.1) is 21.2 Å². The summed E-state index contributed by atoms with van der Waals surface area (Å²) in [5.74, 6) is -1.69. The molecule has 0 aliphatic carbocycles. The van der Waals surface area contributed by atoms with Crippen molar-refractivity contribution in [2.75, 3.05) is 22.9 Å².